The molecule has 0 radical (unpaired) electrons. The Balaban J connectivity index is 3.03. The molecule has 0 bridgehead atoms. The van der Waals surface area contributed by atoms with Crippen LogP contribution in [0.4, 0.5) is 0 Å². The van der Waals surface area contributed by atoms with Crippen LogP contribution in [0.15, 0.2) is 23.8 Å². The molecule has 22 heavy (non-hydrogen) atoms. The molecule has 1 N–H and O–H groups in total. The minimum Gasteiger partial charge on any atom is -0.493 e. The number of hydrogen-bond donors (Lipinski definition) is 1. The number of amides is 1. The third-order valence-corrected chi connectivity index (χ3v) is 2.75. The third kappa shape index (κ3) is 5.13. The van der Waals surface area contributed by atoms with Crippen LogP contribution >= 0.6 is 0 Å². The van der Waals surface area contributed by atoms with Crippen LogP contribution in [-0.2, 0) is 4.79 Å². The number of nitrogens with zero attached hydrogens (tertiary/aromatic N) is 1. The summed E-state index contributed by atoms with van der Waals surface area (Å²) in [6.07, 6.45) is 2.43. The molecule has 1 amide bonds. The first-order chi connectivity index (χ1) is 10.5. The highest BCUT2D eigenvalue weighted by Gasteiger charge is 2.11. The van der Waals surface area contributed by atoms with Crippen LogP contribution in [-0.4, -0.2) is 25.7 Å². The van der Waals surface area contributed by atoms with Crippen molar-refractivity contribution < 1.29 is 14.3 Å². The number of carbonyl (C=O) groups excluding carboxylic acids is 1. The molecule has 1 aromatic rings. The van der Waals surface area contributed by atoms with Gasteiger partial charge in [0.2, 0.25) is 0 Å². The lowest BCUT2D eigenvalue weighted by atomic mass is 10.1. The maximum absolute atomic E-state index is 11.9. The van der Waals surface area contributed by atoms with Gasteiger partial charge in [-0.05, 0) is 44.0 Å². The zero-order chi connectivity index (χ0) is 16.5. The highest BCUT2D eigenvalue weighted by Crippen LogP contribution is 2.29. The molecular formula is C17H22N2O3. The summed E-state index contributed by atoms with van der Waals surface area (Å²) in [5, 5.41) is 11.8. The molecule has 0 saturated heterocycles. The fourth-order valence-electron chi connectivity index (χ4n) is 1.76. The molecule has 1 rings (SSSR count). The molecule has 0 fully saturated rings. The summed E-state index contributed by atoms with van der Waals surface area (Å²) < 4.78 is 10.9. The van der Waals surface area contributed by atoms with E-state index >= 15 is 0 Å². The predicted octanol–water partition coefficient (Wildman–Crippen LogP) is 2.92. The van der Waals surface area contributed by atoms with E-state index in [-0.39, 0.29) is 17.5 Å². The van der Waals surface area contributed by atoms with Gasteiger partial charge in [-0.25, -0.2) is 0 Å². The standard InChI is InChI=1S/C17H22N2O3/c1-5-8-22-15-7-6-13(10-16(15)21-4)9-14(11-18)17(20)19-12(2)3/h6-7,9-10,12H,5,8H2,1-4H3,(H,19,20)/b14-9-. The van der Waals surface area contributed by atoms with Crippen molar-refractivity contribution >= 4 is 12.0 Å². The minimum atomic E-state index is -0.386. The van der Waals surface area contributed by atoms with E-state index in [1.807, 2.05) is 26.8 Å². The van der Waals surface area contributed by atoms with Crippen LogP contribution < -0.4 is 14.8 Å². The Morgan fingerprint density at radius 1 is 1.41 bits per heavy atom. The van der Waals surface area contributed by atoms with E-state index in [9.17, 15) is 4.79 Å². The van der Waals surface area contributed by atoms with Crippen molar-refractivity contribution in [1.82, 2.24) is 5.32 Å². The summed E-state index contributed by atoms with van der Waals surface area (Å²) in [5.41, 5.74) is 0.758. The van der Waals surface area contributed by atoms with Crippen LogP contribution in [0.1, 0.15) is 32.8 Å². The van der Waals surface area contributed by atoms with E-state index in [1.165, 1.54) is 6.08 Å². The summed E-state index contributed by atoms with van der Waals surface area (Å²) in [5.74, 6) is 0.832. The van der Waals surface area contributed by atoms with Crippen molar-refractivity contribution in [2.75, 3.05) is 13.7 Å². The number of nitrogens with one attached hydrogen (secondary N) is 1. The molecule has 0 aliphatic rings. The van der Waals surface area contributed by atoms with Gasteiger partial charge in [0, 0.05) is 6.04 Å². The number of rotatable bonds is 7. The minimum absolute atomic E-state index is 0.0244. The maximum atomic E-state index is 11.9. The Morgan fingerprint density at radius 2 is 2.14 bits per heavy atom. The van der Waals surface area contributed by atoms with Crippen LogP contribution in [0, 0.1) is 11.3 Å². The van der Waals surface area contributed by atoms with Crippen molar-refractivity contribution in [1.29, 1.82) is 5.26 Å². The van der Waals surface area contributed by atoms with E-state index in [2.05, 4.69) is 5.32 Å². The van der Waals surface area contributed by atoms with Gasteiger partial charge in [-0.2, -0.15) is 5.26 Å². The van der Waals surface area contributed by atoms with Crippen molar-refractivity contribution in [3.63, 3.8) is 0 Å². The molecule has 0 aliphatic heterocycles. The summed E-state index contributed by atoms with van der Waals surface area (Å²) >= 11 is 0. The Labute approximate surface area is 131 Å². The average Bonchev–Trinajstić information content (AvgIpc) is 2.50. The Morgan fingerprint density at radius 3 is 2.68 bits per heavy atom. The van der Waals surface area contributed by atoms with Crippen molar-refractivity contribution in [3.8, 4) is 17.6 Å². The zero-order valence-corrected chi connectivity index (χ0v) is 13.5. The summed E-state index contributed by atoms with van der Waals surface area (Å²) in [7, 11) is 1.55. The fourth-order valence-corrected chi connectivity index (χ4v) is 1.76. The second-order valence-corrected chi connectivity index (χ2v) is 5.06. The number of nitriles is 1. The third-order valence-electron chi connectivity index (χ3n) is 2.75. The lowest BCUT2D eigenvalue weighted by Crippen LogP contribution is -2.30. The van der Waals surface area contributed by atoms with Gasteiger partial charge in [-0.3, -0.25) is 4.79 Å². The van der Waals surface area contributed by atoms with E-state index in [1.54, 1.807) is 25.3 Å². The molecule has 118 valence electrons. The Kier molecular flexibility index (Phi) is 6.97. The van der Waals surface area contributed by atoms with Crippen LogP contribution in [0.25, 0.3) is 6.08 Å². The molecule has 0 aromatic heterocycles. The molecule has 5 nitrogen and oxygen atoms in total. The number of methoxy groups -OCH3 is 1. The number of benzene rings is 1. The van der Waals surface area contributed by atoms with E-state index in [0.29, 0.717) is 23.7 Å². The molecule has 0 unspecified atom stereocenters. The topological polar surface area (TPSA) is 71.3 Å². The van der Waals surface area contributed by atoms with Crippen molar-refractivity contribution in [2.24, 2.45) is 0 Å². The second-order valence-electron chi connectivity index (χ2n) is 5.06. The molecule has 5 heteroatoms. The van der Waals surface area contributed by atoms with Gasteiger partial charge in [0.1, 0.15) is 11.6 Å². The molecule has 0 spiro atoms. The van der Waals surface area contributed by atoms with Crippen LogP contribution in [0.3, 0.4) is 0 Å². The number of hydrogen-bond acceptors (Lipinski definition) is 4. The van der Waals surface area contributed by atoms with Crippen molar-refractivity contribution in [2.45, 2.75) is 33.2 Å². The lowest BCUT2D eigenvalue weighted by Gasteiger charge is -2.11. The van der Waals surface area contributed by atoms with Gasteiger partial charge < -0.3 is 14.8 Å². The van der Waals surface area contributed by atoms with E-state index < -0.39 is 0 Å². The van der Waals surface area contributed by atoms with Gasteiger partial charge in [-0.15, -0.1) is 0 Å². The lowest BCUT2D eigenvalue weighted by molar-refractivity contribution is -0.117. The molecule has 0 heterocycles. The molecule has 0 saturated carbocycles. The maximum Gasteiger partial charge on any atom is 0.262 e. The fraction of sp³-hybridized carbons (Fsp3) is 0.412. The monoisotopic (exact) mass is 302 g/mol. The Bertz CT molecular complexity index is 586. The van der Waals surface area contributed by atoms with Crippen LogP contribution in [0.2, 0.25) is 0 Å². The van der Waals surface area contributed by atoms with Gasteiger partial charge >= 0.3 is 0 Å². The average molecular weight is 302 g/mol. The number of carbonyl (C=O) groups is 1. The van der Waals surface area contributed by atoms with Gasteiger partial charge in [0.25, 0.3) is 5.91 Å². The van der Waals surface area contributed by atoms with Gasteiger partial charge in [0.15, 0.2) is 11.5 Å². The highest BCUT2D eigenvalue weighted by atomic mass is 16.5. The molecule has 0 aliphatic carbocycles. The molecule has 1 aromatic carbocycles. The van der Waals surface area contributed by atoms with E-state index in [0.717, 1.165) is 6.42 Å². The largest absolute Gasteiger partial charge is 0.493 e. The van der Waals surface area contributed by atoms with Crippen LogP contribution in [0.5, 0.6) is 11.5 Å². The molecule has 0 atom stereocenters. The van der Waals surface area contributed by atoms with Gasteiger partial charge in [0.05, 0.1) is 13.7 Å². The molecular weight excluding hydrogens is 280 g/mol. The van der Waals surface area contributed by atoms with Crippen molar-refractivity contribution in [3.05, 3.63) is 29.3 Å². The number of ether oxygens (including phenoxy) is 2. The van der Waals surface area contributed by atoms with E-state index in [4.69, 9.17) is 14.7 Å². The second kappa shape index (κ2) is 8.73. The zero-order valence-electron chi connectivity index (χ0n) is 13.5. The summed E-state index contributed by atoms with van der Waals surface area (Å²) in [6, 6.07) is 7.19. The summed E-state index contributed by atoms with van der Waals surface area (Å²) in [4.78, 5) is 11.9. The SMILES string of the molecule is CCCOc1ccc(/C=C(/C#N)C(=O)NC(C)C)cc1OC. The smallest absolute Gasteiger partial charge is 0.262 e. The predicted molar refractivity (Wildman–Crippen MR) is 85.6 cm³/mol. The quantitative estimate of drug-likeness (QED) is 0.621. The normalized spacial score (nSPS) is 11.0. The first-order valence-electron chi connectivity index (χ1n) is 7.25. The first-order valence-corrected chi connectivity index (χ1v) is 7.25. The Hall–Kier alpha value is -2.48. The van der Waals surface area contributed by atoms with Gasteiger partial charge in [-0.1, -0.05) is 13.0 Å². The first kappa shape index (κ1) is 17.6. The summed E-state index contributed by atoms with van der Waals surface area (Å²) in [6.45, 7) is 6.31. The highest BCUT2D eigenvalue weighted by molar-refractivity contribution is 6.01.